The molecule has 7 heteroatoms. The molecule has 3 nitrogen and oxygen atoms in total. The van der Waals surface area contributed by atoms with Gasteiger partial charge < -0.3 is 0 Å². The number of nitrogens with zero attached hydrogens (tertiary/aromatic N) is 2. The molecule has 5 aromatic rings. The average Bonchev–Trinajstić information content (AvgIpc) is 2.78. The summed E-state index contributed by atoms with van der Waals surface area (Å²) in [4.78, 5) is 17.3. The van der Waals surface area contributed by atoms with Gasteiger partial charge in [-0.3, -0.25) is 14.3 Å². The van der Waals surface area contributed by atoms with Gasteiger partial charge in [-0.25, -0.2) is 4.39 Å². The van der Waals surface area contributed by atoms with Crippen molar-refractivity contribution >= 4 is 21.8 Å². The second kappa shape index (κ2) is 7.30. The molecule has 0 aliphatic heterocycles. The maximum atomic E-state index is 13.3. The number of fused-ring (bicyclic) bond motifs is 3. The zero-order valence-corrected chi connectivity index (χ0v) is 16.4. The van der Waals surface area contributed by atoms with E-state index in [-0.39, 0.29) is 11.5 Å². The Balaban J connectivity index is 1.84. The van der Waals surface area contributed by atoms with Gasteiger partial charge in [0, 0.05) is 28.7 Å². The lowest BCUT2D eigenvalue weighted by atomic mass is 10.0. The van der Waals surface area contributed by atoms with Crippen molar-refractivity contribution in [3.8, 4) is 16.8 Å². The van der Waals surface area contributed by atoms with Gasteiger partial charge in [-0.05, 0) is 59.7 Å². The Bertz CT molecular complexity index is 1540. The van der Waals surface area contributed by atoms with Crippen LogP contribution in [0, 0.1) is 5.82 Å². The third-order valence-corrected chi connectivity index (χ3v) is 5.33. The molecule has 0 amide bonds. The highest BCUT2D eigenvalue weighted by molar-refractivity contribution is 6.05. The van der Waals surface area contributed by atoms with Crippen molar-refractivity contribution in [1.82, 2.24) is 9.55 Å². The zero-order valence-electron chi connectivity index (χ0n) is 16.4. The molecule has 0 unspecified atom stereocenters. The summed E-state index contributed by atoms with van der Waals surface area (Å²) in [6, 6.07) is 18.9. The van der Waals surface area contributed by atoms with Crippen molar-refractivity contribution in [2.45, 2.75) is 6.18 Å². The first-order valence-corrected chi connectivity index (χ1v) is 9.69. The van der Waals surface area contributed by atoms with E-state index in [1.54, 1.807) is 36.5 Å². The summed E-state index contributed by atoms with van der Waals surface area (Å²) >= 11 is 0. The molecule has 0 N–H and O–H groups in total. The first-order chi connectivity index (χ1) is 15.3. The molecule has 0 bridgehead atoms. The minimum atomic E-state index is -4.54. The van der Waals surface area contributed by atoms with Gasteiger partial charge in [-0.2, -0.15) is 13.2 Å². The summed E-state index contributed by atoms with van der Waals surface area (Å²) < 4.78 is 54.5. The summed E-state index contributed by atoms with van der Waals surface area (Å²) in [5.41, 5.74) is 1.35. The van der Waals surface area contributed by atoms with Gasteiger partial charge in [0.15, 0.2) is 0 Å². The number of hydrogen-bond donors (Lipinski definition) is 0. The number of hydrogen-bond acceptors (Lipinski definition) is 2. The Morgan fingerprint density at radius 3 is 2.31 bits per heavy atom. The fraction of sp³-hybridized carbons (Fsp3) is 0.0400. The summed E-state index contributed by atoms with van der Waals surface area (Å²) in [7, 11) is 0. The van der Waals surface area contributed by atoms with E-state index in [0.29, 0.717) is 21.8 Å². The lowest BCUT2D eigenvalue weighted by Gasteiger charge is -2.15. The smallest absolute Gasteiger partial charge is 0.276 e. The van der Waals surface area contributed by atoms with Crippen LogP contribution in [0.4, 0.5) is 17.6 Å². The number of alkyl halides is 3. The first-order valence-electron chi connectivity index (χ1n) is 9.69. The molecule has 0 saturated carbocycles. The Kier molecular flexibility index (Phi) is 4.55. The number of pyridine rings is 2. The summed E-state index contributed by atoms with van der Waals surface area (Å²) in [5.74, 6) is -0.361. The van der Waals surface area contributed by atoms with E-state index >= 15 is 0 Å². The van der Waals surface area contributed by atoms with Crippen molar-refractivity contribution in [2.24, 2.45) is 0 Å². The van der Waals surface area contributed by atoms with Crippen molar-refractivity contribution in [3.05, 3.63) is 107 Å². The summed E-state index contributed by atoms with van der Waals surface area (Å²) in [5, 5.41) is 1.20. The maximum absolute atomic E-state index is 13.3. The molecule has 3 aromatic carbocycles. The Labute approximate surface area is 179 Å². The van der Waals surface area contributed by atoms with Gasteiger partial charge >= 0.3 is 6.18 Å². The third-order valence-electron chi connectivity index (χ3n) is 5.33. The highest BCUT2D eigenvalue weighted by Crippen LogP contribution is 2.32. The molecule has 2 heterocycles. The summed E-state index contributed by atoms with van der Waals surface area (Å²) in [6.07, 6.45) is -2.96. The van der Waals surface area contributed by atoms with Crippen molar-refractivity contribution < 1.29 is 17.6 Å². The molecule has 0 aliphatic carbocycles. The lowest BCUT2D eigenvalue weighted by Crippen LogP contribution is -2.18. The number of halogens is 4. The van der Waals surface area contributed by atoms with E-state index in [4.69, 9.17) is 0 Å². The van der Waals surface area contributed by atoms with E-state index in [1.165, 1.54) is 34.9 Å². The molecule has 0 atom stereocenters. The minimum absolute atomic E-state index is 0.107. The highest BCUT2D eigenvalue weighted by Gasteiger charge is 2.30. The van der Waals surface area contributed by atoms with E-state index in [1.807, 2.05) is 6.07 Å². The Morgan fingerprint density at radius 1 is 0.812 bits per heavy atom. The largest absolute Gasteiger partial charge is 0.416 e. The van der Waals surface area contributed by atoms with Crippen LogP contribution in [0.1, 0.15) is 5.56 Å². The molecular weight excluding hydrogens is 420 g/mol. The van der Waals surface area contributed by atoms with Gasteiger partial charge in [-0.15, -0.1) is 0 Å². The molecule has 32 heavy (non-hydrogen) atoms. The second-order valence-corrected chi connectivity index (χ2v) is 7.36. The monoisotopic (exact) mass is 434 g/mol. The van der Waals surface area contributed by atoms with Crippen molar-refractivity contribution in [1.29, 1.82) is 0 Å². The van der Waals surface area contributed by atoms with Gasteiger partial charge in [0.2, 0.25) is 0 Å². The fourth-order valence-electron chi connectivity index (χ4n) is 3.81. The fourth-order valence-corrected chi connectivity index (χ4v) is 3.81. The standard InChI is InChI=1S/C25H14F4N2O/c26-19-8-4-15(5-9-19)16-6-10-22-21(12-16)24-17(14-30-22)7-11-23(32)31(24)20-3-1-2-18(13-20)25(27,28)29/h1-14H. The van der Waals surface area contributed by atoms with E-state index in [0.717, 1.165) is 23.3 Å². The molecule has 0 saturated heterocycles. The SMILES string of the molecule is O=c1ccc2cnc3ccc(-c4ccc(F)cc4)cc3c2n1-c1cccc(C(F)(F)F)c1. The number of benzene rings is 3. The normalized spacial score (nSPS) is 11.9. The van der Waals surface area contributed by atoms with E-state index in [9.17, 15) is 22.4 Å². The Hall–Kier alpha value is -4.00. The van der Waals surface area contributed by atoms with Crippen LogP contribution in [0.2, 0.25) is 0 Å². The van der Waals surface area contributed by atoms with E-state index < -0.39 is 17.3 Å². The molecular formula is C25H14F4N2O. The topological polar surface area (TPSA) is 34.9 Å². The molecule has 2 aromatic heterocycles. The van der Waals surface area contributed by atoms with Crippen LogP contribution in [-0.4, -0.2) is 9.55 Å². The van der Waals surface area contributed by atoms with Gasteiger partial charge in [0.1, 0.15) is 5.82 Å². The minimum Gasteiger partial charge on any atom is -0.276 e. The van der Waals surface area contributed by atoms with Gasteiger partial charge in [0.25, 0.3) is 5.56 Å². The summed E-state index contributed by atoms with van der Waals surface area (Å²) in [6.45, 7) is 0. The average molecular weight is 434 g/mol. The lowest BCUT2D eigenvalue weighted by molar-refractivity contribution is -0.137. The van der Waals surface area contributed by atoms with Crippen LogP contribution >= 0.6 is 0 Å². The molecule has 158 valence electrons. The molecule has 5 rings (SSSR count). The van der Waals surface area contributed by atoms with Crippen LogP contribution in [0.15, 0.2) is 89.9 Å². The van der Waals surface area contributed by atoms with Crippen LogP contribution in [0.5, 0.6) is 0 Å². The number of aromatic nitrogens is 2. The van der Waals surface area contributed by atoms with Crippen LogP contribution in [-0.2, 0) is 6.18 Å². The highest BCUT2D eigenvalue weighted by atomic mass is 19.4. The van der Waals surface area contributed by atoms with Crippen LogP contribution < -0.4 is 5.56 Å². The predicted octanol–water partition coefficient (Wildman–Crippen LogP) is 6.36. The van der Waals surface area contributed by atoms with Crippen molar-refractivity contribution in [3.63, 3.8) is 0 Å². The number of rotatable bonds is 2. The van der Waals surface area contributed by atoms with Crippen molar-refractivity contribution in [2.75, 3.05) is 0 Å². The molecule has 0 aliphatic rings. The van der Waals surface area contributed by atoms with Gasteiger partial charge in [0.05, 0.1) is 16.6 Å². The molecule has 0 radical (unpaired) electrons. The van der Waals surface area contributed by atoms with Crippen LogP contribution in [0.3, 0.4) is 0 Å². The third kappa shape index (κ3) is 3.41. The predicted molar refractivity (Wildman–Crippen MR) is 115 cm³/mol. The zero-order chi connectivity index (χ0) is 22.5. The quantitative estimate of drug-likeness (QED) is 0.239. The Morgan fingerprint density at radius 2 is 1.56 bits per heavy atom. The van der Waals surface area contributed by atoms with E-state index in [2.05, 4.69) is 4.98 Å². The first kappa shape index (κ1) is 19.9. The molecule has 0 spiro atoms. The molecule has 0 fully saturated rings. The second-order valence-electron chi connectivity index (χ2n) is 7.36. The maximum Gasteiger partial charge on any atom is 0.416 e. The van der Waals surface area contributed by atoms with Crippen LogP contribution in [0.25, 0.3) is 38.6 Å². The van der Waals surface area contributed by atoms with Gasteiger partial charge in [-0.1, -0.05) is 24.3 Å².